The summed E-state index contributed by atoms with van der Waals surface area (Å²) in [7, 11) is 0. The Labute approximate surface area is 139 Å². The monoisotopic (exact) mass is 317 g/mol. The number of imide groups is 1. The predicted molar refractivity (Wildman–Crippen MR) is 91.1 cm³/mol. The van der Waals surface area contributed by atoms with Crippen LogP contribution in [0.5, 0.6) is 5.75 Å². The lowest BCUT2D eigenvalue weighted by Gasteiger charge is -2.27. The van der Waals surface area contributed by atoms with Crippen LogP contribution in [0.1, 0.15) is 26.3 Å². The first-order chi connectivity index (χ1) is 11.6. The predicted octanol–water partition coefficient (Wildman–Crippen LogP) is 3.38. The van der Waals surface area contributed by atoms with Gasteiger partial charge in [-0.25, -0.2) is 0 Å². The summed E-state index contributed by atoms with van der Waals surface area (Å²) in [5.41, 5.74) is 2.12. The Bertz CT molecular complexity index is 910. The van der Waals surface area contributed by atoms with Crippen LogP contribution >= 0.6 is 0 Å². The molecule has 1 heterocycles. The molecule has 1 aliphatic heterocycles. The van der Waals surface area contributed by atoms with Gasteiger partial charge in [-0.1, -0.05) is 36.4 Å². The molecular formula is C20H15NO3. The first-order valence-electron chi connectivity index (χ1n) is 7.81. The molecule has 3 aromatic rings. The smallest absolute Gasteiger partial charge is 0.261 e. The number of carbonyl (C=O) groups is 2. The van der Waals surface area contributed by atoms with E-state index in [0.717, 1.165) is 16.3 Å². The zero-order chi connectivity index (χ0) is 16.7. The number of carbonyl (C=O) groups excluding carboxylic acids is 2. The quantitative estimate of drug-likeness (QED) is 0.753. The van der Waals surface area contributed by atoms with Crippen LogP contribution < -0.4 is 0 Å². The number of phenolic OH excluding ortho intramolecular Hbond substituents is 1. The molecule has 0 bridgehead atoms. The summed E-state index contributed by atoms with van der Waals surface area (Å²) in [6.07, 6.45) is 0.551. The summed E-state index contributed by atoms with van der Waals surface area (Å²) in [5, 5.41) is 11.0. The minimum atomic E-state index is -0.247. The van der Waals surface area contributed by atoms with Crippen molar-refractivity contribution in [3.8, 4) is 5.75 Å². The van der Waals surface area contributed by atoms with Gasteiger partial charge in [0.25, 0.3) is 11.8 Å². The van der Waals surface area contributed by atoms with E-state index in [1.807, 2.05) is 24.3 Å². The van der Waals surface area contributed by atoms with Gasteiger partial charge in [0.15, 0.2) is 0 Å². The molecule has 0 saturated carbocycles. The van der Waals surface area contributed by atoms with E-state index < -0.39 is 0 Å². The van der Waals surface area contributed by atoms with Gasteiger partial charge in [-0.15, -0.1) is 0 Å². The topological polar surface area (TPSA) is 57.6 Å². The van der Waals surface area contributed by atoms with Gasteiger partial charge in [-0.05, 0) is 41.6 Å². The highest BCUT2D eigenvalue weighted by Gasteiger charge is 2.32. The molecule has 0 aliphatic carbocycles. The van der Waals surface area contributed by atoms with Crippen LogP contribution in [0.3, 0.4) is 0 Å². The van der Waals surface area contributed by atoms with Crippen molar-refractivity contribution in [2.45, 2.75) is 6.42 Å². The molecule has 0 aromatic heterocycles. The molecule has 4 heteroatoms. The molecule has 0 spiro atoms. The molecule has 4 rings (SSSR count). The fourth-order valence-electron chi connectivity index (χ4n) is 3.19. The van der Waals surface area contributed by atoms with E-state index in [1.54, 1.807) is 36.4 Å². The number of aromatic hydroxyl groups is 1. The lowest BCUT2D eigenvalue weighted by atomic mass is 9.94. The van der Waals surface area contributed by atoms with Gasteiger partial charge in [0.2, 0.25) is 0 Å². The largest absolute Gasteiger partial charge is 0.508 e. The highest BCUT2D eigenvalue weighted by molar-refractivity contribution is 6.25. The molecule has 0 saturated heterocycles. The van der Waals surface area contributed by atoms with Crippen LogP contribution in [0.2, 0.25) is 0 Å². The van der Waals surface area contributed by atoms with E-state index in [9.17, 15) is 14.7 Å². The lowest BCUT2D eigenvalue weighted by Crippen LogP contribution is -2.41. The van der Waals surface area contributed by atoms with Crippen LogP contribution in [-0.4, -0.2) is 28.4 Å². The summed E-state index contributed by atoms with van der Waals surface area (Å²) in [6.45, 7) is 0.313. The van der Waals surface area contributed by atoms with Crippen molar-refractivity contribution in [3.05, 3.63) is 77.4 Å². The number of hydrogen-bond acceptors (Lipinski definition) is 3. The van der Waals surface area contributed by atoms with Crippen LogP contribution in [0.15, 0.2) is 60.7 Å². The molecule has 0 atom stereocenters. The molecule has 24 heavy (non-hydrogen) atoms. The van der Waals surface area contributed by atoms with Gasteiger partial charge >= 0.3 is 0 Å². The Morgan fingerprint density at radius 1 is 0.792 bits per heavy atom. The Morgan fingerprint density at radius 2 is 1.38 bits per heavy atom. The lowest BCUT2D eigenvalue weighted by molar-refractivity contribution is 0.0612. The number of nitrogens with zero attached hydrogens (tertiary/aromatic N) is 1. The molecule has 1 N–H and O–H groups in total. The van der Waals surface area contributed by atoms with Crippen LogP contribution in [-0.2, 0) is 6.42 Å². The summed E-state index contributed by atoms with van der Waals surface area (Å²) < 4.78 is 0. The second-order valence-corrected chi connectivity index (χ2v) is 5.89. The summed E-state index contributed by atoms with van der Waals surface area (Å²) >= 11 is 0. The Hall–Kier alpha value is -3.14. The van der Waals surface area contributed by atoms with Gasteiger partial charge in [-0.3, -0.25) is 14.5 Å². The van der Waals surface area contributed by atoms with Crippen molar-refractivity contribution in [2.24, 2.45) is 0 Å². The molecule has 118 valence electrons. The van der Waals surface area contributed by atoms with Crippen molar-refractivity contribution in [1.82, 2.24) is 4.90 Å². The van der Waals surface area contributed by atoms with E-state index in [2.05, 4.69) is 0 Å². The van der Waals surface area contributed by atoms with Gasteiger partial charge in [0, 0.05) is 23.1 Å². The van der Waals surface area contributed by atoms with Gasteiger partial charge in [-0.2, -0.15) is 0 Å². The zero-order valence-corrected chi connectivity index (χ0v) is 12.9. The average molecular weight is 317 g/mol. The average Bonchev–Trinajstić information content (AvgIpc) is 2.61. The number of hydrogen-bond donors (Lipinski definition) is 1. The molecule has 2 amide bonds. The molecule has 0 radical (unpaired) electrons. The number of rotatable bonds is 3. The van der Waals surface area contributed by atoms with Crippen molar-refractivity contribution < 1.29 is 14.7 Å². The van der Waals surface area contributed by atoms with Crippen LogP contribution in [0, 0.1) is 0 Å². The minimum Gasteiger partial charge on any atom is -0.508 e. The minimum absolute atomic E-state index is 0.199. The second kappa shape index (κ2) is 5.49. The molecule has 0 fully saturated rings. The van der Waals surface area contributed by atoms with Crippen molar-refractivity contribution in [1.29, 1.82) is 0 Å². The van der Waals surface area contributed by atoms with E-state index >= 15 is 0 Å². The maximum absolute atomic E-state index is 12.8. The molecule has 0 unspecified atom stereocenters. The van der Waals surface area contributed by atoms with Crippen LogP contribution in [0.4, 0.5) is 0 Å². The third-order valence-electron chi connectivity index (χ3n) is 4.42. The molecule has 1 aliphatic rings. The SMILES string of the molecule is O=C1c2cccc3cccc(c23)C(=O)N1CCc1ccc(O)cc1. The van der Waals surface area contributed by atoms with Crippen molar-refractivity contribution >= 4 is 22.6 Å². The van der Waals surface area contributed by atoms with Crippen molar-refractivity contribution in [2.75, 3.05) is 6.54 Å². The maximum Gasteiger partial charge on any atom is 0.261 e. The molecule has 3 aromatic carbocycles. The fourth-order valence-corrected chi connectivity index (χ4v) is 3.19. The number of benzene rings is 3. The van der Waals surface area contributed by atoms with Gasteiger partial charge in [0.05, 0.1) is 0 Å². The van der Waals surface area contributed by atoms with E-state index in [-0.39, 0.29) is 17.6 Å². The van der Waals surface area contributed by atoms with Crippen molar-refractivity contribution in [3.63, 3.8) is 0 Å². The number of amides is 2. The summed E-state index contributed by atoms with van der Waals surface area (Å²) in [4.78, 5) is 26.8. The van der Waals surface area contributed by atoms with Gasteiger partial charge < -0.3 is 5.11 Å². The Morgan fingerprint density at radius 3 is 1.96 bits per heavy atom. The van der Waals surface area contributed by atoms with Crippen LogP contribution in [0.25, 0.3) is 10.8 Å². The fraction of sp³-hybridized carbons (Fsp3) is 0.100. The second-order valence-electron chi connectivity index (χ2n) is 5.89. The number of phenols is 1. The van der Waals surface area contributed by atoms with E-state index in [0.29, 0.717) is 24.1 Å². The maximum atomic E-state index is 12.8. The first-order valence-corrected chi connectivity index (χ1v) is 7.81. The van der Waals surface area contributed by atoms with E-state index in [1.165, 1.54) is 4.90 Å². The highest BCUT2D eigenvalue weighted by Crippen LogP contribution is 2.30. The normalized spacial score (nSPS) is 13.6. The molecule has 4 nitrogen and oxygen atoms in total. The third-order valence-corrected chi connectivity index (χ3v) is 4.42. The molecular weight excluding hydrogens is 302 g/mol. The zero-order valence-electron chi connectivity index (χ0n) is 12.9. The van der Waals surface area contributed by atoms with Gasteiger partial charge in [0.1, 0.15) is 5.75 Å². The van der Waals surface area contributed by atoms with E-state index in [4.69, 9.17) is 0 Å². The standard InChI is InChI=1S/C20H15NO3/c22-15-9-7-13(8-10-15)11-12-21-19(23)16-5-1-3-14-4-2-6-17(18(14)16)20(21)24/h1-10,22H,11-12H2. The third kappa shape index (κ3) is 2.24. The highest BCUT2D eigenvalue weighted by atomic mass is 16.3. The first kappa shape index (κ1) is 14.5. The Balaban J connectivity index is 1.68. The summed E-state index contributed by atoms with van der Waals surface area (Å²) in [5.74, 6) is -0.296. The summed E-state index contributed by atoms with van der Waals surface area (Å²) in [6, 6.07) is 17.8. The Kier molecular flexibility index (Phi) is 3.31.